The number of aryl methyl sites for hydroxylation is 1. The van der Waals surface area contributed by atoms with Gasteiger partial charge >= 0.3 is 0 Å². The Kier molecular flexibility index (Phi) is 5.65. The van der Waals surface area contributed by atoms with Crippen molar-refractivity contribution in [2.24, 2.45) is 5.92 Å². The number of likely N-dealkylation sites (tertiary alicyclic amines) is 1. The van der Waals surface area contributed by atoms with E-state index in [9.17, 15) is 18.0 Å². The Balaban J connectivity index is 1.46. The normalized spacial score (nSPS) is 23.0. The van der Waals surface area contributed by atoms with Crippen molar-refractivity contribution in [3.05, 3.63) is 35.4 Å². The van der Waals surface area contributed by atoms with Crippen LogP contribution in [0.15, 0.2) is 24.3 Å². The number of carbonyl (C=O) groups excluding carboxylic acids is 2. The lowest BCUT2D eigenvalue weighted by molar-refractivity contribution is -0.135. The van der Waals surface area contributed by atoms with E-state index in [1.54, 1.807) is 0 Å². The van der Waals surface area contributed by atoms with E-state index >= 15 is 0 Å². The third-order valence-electron chi connectivity index (χ3n) is 5.24. The zero-order valence-electron chi connectivity index (χ0n) is 15.1. The third-order valence-corrected chi connectivity index (χ3v) is 7.00. The summed E-state index contributed by atoms with van der Waals surface area (Å²) in [7, 11) is -2.99. The SMILES string of the molecule is Cc1cccc(CC(=O)N2CCC(C(=O)NC3CCS(=O)(=O)C3)CC2)c1. The van der Waals surface area contributed by atoms with E-state index in [-0.39, 0.29) is 35.3 Å². The molecular formula is C19H26N2O4S. The minimum atomic E-state index is -2.99. The topological polar surface area (TPSA) is 83.6 Å². The maximum Gasteiger partial charge on any atom is 0.226 e. The van der Waals surface area contributed by atoms with Crippen molar-refractivity contribution in [1.82, 2.24) is 10.2 Å². The summed E-state index contributed by atoms with van der Waals surface area (Å²) < 4.78 is 23.0. The molecule has 1 atom stereocenters. The Morgan fingerprint density at radius 1 is 1.19 bits per heavy atom. The molecule has 2 aliphatic heterocycles. The van der Waals surface area contributed by atoms with Gasteiger partial charge in [0.15, 0.2) is 9.84 Å². The van der Waals surface area contributed by atoms with Crippen LogP contribution in [0.1, 0.15) is 30.4 Å². The molecule has 26 heavy (non-hydrogen) atoms. The number of nitrogens with zero attached hydrogens (tertiary/aromatic N) is 1. The number of benzene rings is 1. The molecule has 1 aromatic rings. The quantitative estimate of drug-likeness (QED) is 0.850. The van der Waals surface area contributed by atoms with E-state index in [1.165, 1.54) is 0 Å². The van der Waals surface area contributed by atoms with Crippen LogP contribution in [0.4, 0.5) is 0 Å². The highest BCUT2D eigenvalue weighted by Crippen LogP contribution is 2.20. The molecular weight excluding hydrogens is 352 g/mol. The fourth-order valence-corrected chi connectivity index (χ4v) is 5.40. The molecule has 0 aromatic heterocycles. The summed E-state index contributed by atoms with van der Waals surface area (Å²) in [5.41, 5.74) is 2.15. The van der Waals surface area contributed by atoms with Crippen molar-refractivity contribution in [1.29, 1.82) is 0 Å². The fraction of sp³-hybridized carbons (Fsp3) is 0.579. The average Bonchev–Trinajstić information content (AvgIpc) is 2.93. The van der Waals surface area contributed by atoms with Gasteiger partial charge in [-0.05, 0) is 31.7 Å². The van der Waals surface area contributed by atoms with E-state index in [0.717, 1.165) is 11.1 Å². The zero-order chi connectivity index (χ0) is 18.7. The van der Waals surface area contributed by atoms with Crippen molar-refractivity contribution in [2.45, 2.75) is 38.6 Å². The van der Waals surface area contributed by atoms with Gasteiger partial charge in [-0.2, -0.15) is 0 Å². The van der Waals surface area contributed by atoms with Crippen LogP contribution in [0.3, 0.4) is 0 Å². The van der Waals surface area contributed by atoms with Crippen LogP contribution in [0.25, 0.3) is 0 Å². The Labute approximate surface area is 154 Å². The molecule has 0 spiro atoms. The first-order valence-electron chi connectivity index (χ1n) is 9.16. The van der Waals surface area contributed by atoms with Crippen LogP contribution in [0.2, 0.25) is 0 Å². The first-order chi connectivity index (χ1) is 12.3. The standard InChI is InChI=1S/C19H26N2O4S/c1-14-3-2-4-15(11-14)12-18(22)21-8-5-16(6-9-21)19(23)20-17-7-10-26(24,25)13-17/h2-4,11,16-17H,5-10,12-13H2,1H3,(H,20,23). The van der Waals surface area contributed by atoms with Gasteiger partial charge in [0, 0.05) is 25.0 Å². The molecule has 2 aliphatic rings. The van der Waals surface area contributed by atoms with Gasteiger partial charge in [-0.15, -0.1) is 0 Å². The summed E-state index contributed by atoms with van der Waals surface area (Å²) in [5.74, 6) is 0.0895. The van der Waals surface area contributed by atoms with Crippen molar-refractivity contribution in [3.8, 4) is 0 Å². The number of sulfone groups is 1. The largest absolute Gasteiger partial charge is 0.352 e. The van der Waals surface area contributed by atoms with Crippen LogP contribution >= 0.6 is 0 Å². The van der Waals surface area contributed by atoms with Gasteiger partial charge < -0.3 is 10.2 Å². The predicted octanol–water partition coefficient (Wildman–Crippen LogP) is 1.08. The minimum absolute atomic E-state index is 0.0482. The maximum atomic E-state index is 12.5. The number of amides is 2. The molecule has 0 radical (unpaired) electrons. The molecule has 1 aromatic carbocycles. The van der Waals surface area contributed by atoms with Crippen molar-refractivity contribution >= 4 is 21.7 Å². The lowest BCUT2D eigenvalue weighted by Crippen LogP contribution is -2.46. The summed E-state index contributed by atoms with van der Waals surface area (Å²) in [5, 5.41) is 2.87. The number of rotatable bonds is 4. The second kappa shape index (κ2) is 7.78. The van der Waals surface area contributed by atoms with Crippen LogP contribution in [-0.4, -0.2) is 55.8 Å². The van der Waals surface area contributed by atoms with Crippen LogP contribution < -0.4 is 5.32 Å². The summed E-state index contributed by atoms with van der Waals surface area (Å²) in [4.78, 5) is 26.7. The van der Waals surface area contributed by atoms with Gasteiger partial charge in [-0.3, -0.25) is 9.59 Å². The van der Waals surface area contributed by atoms with Crippen LogP contribution in [-0.2, 0) is 25.8 Å². The average molecular weight is 378 g/mol. The summed E-state index contributed by atoms with van der Waals surface area (Å²) in [6.07, 6.45) is 2.15. The lowest BCUT2D eigenvalue weighted by atomic mass is 9.95. The molecule has 2 heterocycles. The Morgan fingerprint density at radius 2 is 1.92 bits per heavy atom. The fourth-order valence-electron chi connectivity index (χ4n) is 3.73. The number of nitrogens with one attached hydrogen (secondary N) is 1. The van der Waals surface area contributed by atoms with Crippen LogP contribution in [0, 0.1) is 12.8 Å². The molecule has 142 valence electrons. The van der Waals surface area contributed by atoms with E-state index < -0.39 is 9.84 Å². The van der Waals surface area contributed by atoms with Gasteiger partial charge in [0.25, 0.3) is 0 Å². The number of hydrogen-bond donors (Lipinski definition) is 1. The Bertz CT molecular complexity index is 782. The summed E-state index contributed by atoms with van der Waals surface area (Å²) >= 11 is 0. The lowest BCUT2D eigenvalue weighted by Gasteiger charge is -2.32. The maximum absolute atomic E-state index is 12.5. The first-order valence-corrected chi connectivity index (χ1v) is 11.0. The van der Waals surface area contributed by atoms with E-state index in [4.69, 9.17) is 0 Å². The molecule has 2 fully saturated rings. The van der Waals surface area contributed by atoms with Gasteiger partial charge in [0.2, 0.25) is 11.8 Å². The molecule has 1 N–H and O–H groups in total. The highest BCUT2D eigenvalue weighted by molar-refractivity contribution is 7.91. The first kappa shape index (κ1) is 18.9. The third kappa shape index (κ3) is 4.84. The van der Waals surface area contributed by atoms with E-state index in [0.29, 0.717) is 38.8 Å². The van der Waals surface area contributed by atoms with Gasteiger partial charge in [-0.25, -0.2) is 8.42 Å². The predicted molar refractivity (Wildman–Crippen MR) is 99.4 cm³/mol. The van der Waals surface area contributed by atoms with Gasteiger partial charge in [0.05, 0.1) is 17.9 Å². The molecule has 2 saturated heterocycles. The molecule has 0 aliphatic carbocycles. The number of piperidine rings is 1. The van der Waals surface area contributed by atoms with Crippen LogP contribution in [0.5, 0.6) is 0 Å². The smallest absolute Gasteiger partial charge is 0.226 e. The van der Waals surface area contributed by atoms with E-state index in [1.807, 2.05) is 36.1 Å². The van der Waals surface area contributed by atoms with Gasteiger partial charge in [-0.1, -0.05) is 29.8 Å². The highest BCUT2D eigenvalue weighted by atomic mass is 32.2. The highest BCUT2D eigenvalue weighted by Gasteiger charge is 2.32. The zero-order valence-corrected chi connectivity index (χ0v) is 15.9. The van der Waals surface area contributed by atoms with Crippen molar-refractivity contribution < 1.29 is 18.0 Å². The molecule has 7 heteroatoms. The monoisotopic (exact) mass is 378 g/mol. The second-order valence-corrected chi connectivity index (χ2v) is 9.66. The molecule has 2 amide bonds. The van der Waals surface area contributed by atoms with Crippen molar-refractivity contribution in [3.63, 3.8) is 0 Å². The summed E-state index contributed by atoms with van der Waals surface area (Å²) in [6, 6.07) is 7.69. The number of carbonyl (C=O) groups is 2. The van der Waals surface area contributed by atoms with Gasteiger partial charge in [0.1, 0.15) is 0 Å². The Morgan fingerprint density at radius 3 is 2.54 bits per heavy atom. The molecule has 1 unspecified atom stereocenters. The minimum Gasteiger partial charge on any atom is -0.352 e. The Hall–Kier alpha value is -1.89. The second-order valence-electron chi connectivity index (χ2n) is 7.43. The van der Waals surface area contributed by atoms with Crippen molar-refractivity contribution in [2.75, 3.05) is 24.6 Å². The molecule has 3 rings (SSSR count). The molecule has 0 saturated carbocycles. The molecule has 6 nitrogen and oxygen atoms in total. The molecule has 0 bridgehead atoms. The van der Waals surface area contributed by atoms with E-state index in [2.05, 4.69) is 5.32 Å². The summed E-state index contributed by atoms with van der Waals surface area (Å²) in [6.45, 7) is 3.16. The number of hydrogen-bond acceptors (Lipinski definition) is 4.